The zero-order chi connectivity index (χ0) is 21.5. The van der Waals surface area contributed by atoms with E-state index in [9.17, 15) is 9.18 Å². The summed E-state index contributed by atoms with van der Waals surface area (Å²) in [6, 6.07) is 13.8. The van der Waals surface area contributed by atoms with Crippen molar-refractivity contribution in [3.05, 3.63) is 71.0 Å². The molecule has 1 N–H and O–H groups in total. The largest absolute Gasteiger partial charge is 0.488 e. The van der Waals surface area contributed by atoms with Crippen LogP contribution in [0, 0.1) is 5.82 Å². The van der Waals surface area contributed by atoms with Gasteiger partial charge in [-0.1, -0.05) is 24.3 Å². The van der Waals surface area contributed by atoms with Gasteiger partial charge in [-0.2, -0.15) is 0 Å². The summed E-state index contributed by atoms with van der Waals surface area (Å²) in [5, 5.41) is 5.41. The first-order chi connectivity index (χ1) is 15.2. The van der Waals surface area contributed by atoms with Crippen molar-refractivity contribution in [3.8, 4) is 16.3 Å². The summed E-state index contributed by atoms with van der Waals surface area (Å²) in [4.78, 5) is 19.3. The van der Waals surface area contributed by atoms with Crippen LogP contribution in [-0.4, -0.2) is 55.2 Å². The lowest BCUT2D eigenvalue weighted by Gasteiger charge is -2.26. The van der Waals surface area contributed by atoms with Crippen molar-refractivity contribution in [1.29, 1.82) is 0 Å². The summed E-state index contributed by atoms with van der Waals surface area (Å²) < 4.78 is 24.4. The molecule has 1 aromatic heterocycles. The van der Waals surface area contributed by atoms with Crippen LogP contribution in [0.5, 0.6) is 5.75 Å². The van der Waals surface area contributed by atoms with Crippen LogP contribution in [0.15, 0.2) is 53.9 Å². The van der Waals surface area contributed by atoms with Crippen molar-refractivity contribution in [2.45, 2.75) is 6.61 Å². The van der Waals surface area contributed by atoms with Crippen molar-refractivity contribution < 1.29 is 18.7 Å². The van der Waals surface area contributed by atoms with Crippen LogP contribution >= 0.6 is 11.3 Å². The Morgan fingerprint density at radius 2 is 1.94 bits per heavy atom. The van der Waals surface area contributed by atoms with E-state index in [1.807, 2.05) is 24.3 Å². The fourth-order valence-corrected chi connectivity index (χ4v) is 4.09. The van der Waals surface area contributed by atoms with Crippen molar-refractivity contribution >= 4 is 17.2 Å². The molecule has 1 amide bonds. The van der Waals surface area contributed by atoms with Crippen LogP contribution in [0.2, 0.25) is 0 Å². The average molecular weight is 442 g/mol. The number of carbonyl (C=O) groups is 1. The normalized spacial score (nSPS) is 14.4. The molecule has 3 aromatic rings. The molecule has 1 saturated heterocycles. The van der Waals surface area contributed by atoms with E-state index in [4.69, 9.17) is 9.47 Å². The Morgan fingerprint density at radius 3 is 2.74 bits per heavy atom. The maximum atomic E-state index is 13.1. The second-order valence-electron chi connectivity index (χ2n) is 7.16. The van der Waals surface area contributed by atoms with Gasteiger partial charge in [0.25, 0.3) is 5.91 Å². The molecule has 2 heterocycles. The van der Waals surface area contributed by atoms with E-state index < -0.39 is 0 Å². The third-order valence-electron chi connectivity index (χ3n) is 4.98. The number of halogens is 1. The van der Waals surface area contributed by atoms with E-state index in [1.54, 1.807) is 17.5 Å². The zero-order valence-electron chi connectivity index (χ0n) is 17.1. The Morgan fingerprint density at radius 1 is 1.16 bits per heavy atom. The number of rotatable bonds is 8. The molecule has 4 rings (SSSR count). The highest BCUT2D eigenvalue weighted by Gasteiger charge is 2.15. The number of hydrogen-bond acceptors (Lipinski definition) is 6. The van der Waals surface area contributed by atoms with Crippen LogP contribution in [0.1, 0.15) is 16.1 Å². The molecule has 0 atom stereocenters. The minimum Gasteiger partial charge on any atom is -0.488 e. The lowest BCUT2D eigenvalue weighted by atomic mass is 10.2. The van der Waals surface area contributed by atoms with E-state index in [0.717, 1.165) is 44.0 Å². The summed E-state index contributed by atoms with van der Waals surface area (Å²) in [6.07, 6.45) is 0. The number of nitrogens with one attached hydrogen (secondary N) is 1. The number of thiazole rings is 1. The maximum absolute atomic E-state index is 13.1. The lowest BCUT2D eigenvalue weighted by molar-refractivity contribution is 0.0383. The average Bonchev–Trinajstić information content (AvgIpc) is 3.30. The molecule has 0 unspecified atom stereocenters. The number of morpholine rings is 1. The molecule has 31 heavy (non-hydrogen) atoms. The Kier molecular flexibility index (Phi) is 7.24. The number of carbonyl (C=O) groups excluding carboxylic acids is 1. The topological polar surface area (TPSA) is 63.7 Å². The minimum absolute atomic E-state index is 0.180. The Hall–Kier alpha value is -2.81. The van der Waals surface area contributed by atoms with E-state index >= 15 is 0 Å². The molecule has 8 heteroatoms. The monoisotopic (exact) mass is 441 g/mol. The molecule has 6 nitrogen and oxygen atoms in total. The number of ether oxygens (including phenoxy) is 2. The molecule has 0 spiro atoms. The molecule has 0 radical (unpaired) electrons. The van der Waals surface area contributed by atoms with Gasteiger partial charge in [0.2, 0.25) is 0 Å². The molecule has 1 fully saturated rings. The maximum Gasteiger partial charge on any atom is 0.270 e. The summed E-state index contributed by atoms with van der Waals surface area (Å²) >= 11 is 1.40. The number of para-hydroxylation sites is 1. The van der Waals surface area contributed by atoms with Crippen molar-refractivity contribution in [3.63, 3.8) is 0 Å². The summed E-state index contributed by atoms with van der Waals surface area (Å²) in [5.41, 5.74) is 2.09. The molecule has 0 aliphatic carbocycles. The third kappa shape index (κ3) is 5.88. The second kappa shape index (κ2) is 10.5. The SMILES string of the molecule is O=C(NCCN1CCOCC1)c1csc(-c2ccccc2OCc2ccc(F)cc2)n1. The standard InChI is InChI=1S/C23H24FN3O3S/c24-18-7-5-17(6-8-18)15-30-21-4-2-1-3-19(21)23-26-20(16-31-23)22(28)25-9-10-27-11-13-29-14-12-27/h1-8,16H,9-15H2,(H,25,28). The van der Waals surface area contributed by atoms with Gasteiger partial charge in [-0.05, 0) is 29.8 Å². The predicted octanol–water partition coefficient (Wildman–Crippen LogP) is 3.59. The zero-order valence-corrected chi connectivity index (χ0v) is 17.9. The first-order valence-electron chi connectivity index (χ1n) is 10.2. The Labute approximate surface area is 184 Å². The van der Waals surface area contributed by atoms with E-state index in [1.165, 1.54) is 23.5 Å². The van der Waals surface area contributed by atoms with Gasteiger partial charge < -0.3 is 14.8 Å². The van der Waals surface area contributed by atoms with Crippen LogP contribution in [0.4, 0.5) is 4.39 Å². The van der Waals surface area contributed by atoms with Gasteiger partial charge in [0.05, 0.1) is 18.8 Å². The minimum atomic E-state index is -0.275. The molecule has 1 aliphatic rings. The van der Waals surface area contributed by atoms with Crippen LogP contribution in [0.3, 0.4) is 0 Å². The van der Waals surface area contributed by atoms with Crippen LogP contribution in [-0.2, 0) is 11.3 Å². The van der Waals surface area contributed by atoms with Crippen molar-refractivity contribution in [2.24, 2.45) is 0 Å². The lowest BCUT2D eigenvalue weighted by Crippen LogP contribution is -2.41. The Balaban J connectivity index is 1.36. The summed E-state index contributed by atoms with van der Waals surface area (Å²) in [5.74, 6) is 0.212. The third-order valence-corrected chi connectivity index (χ3v) is 5.85. The van der Waals surface area contributed by atoms with Crippen molar-refractivity contribution in [2.75, 3.05) is 39.4 Å². The molecule has 1 aliphatic heterocycles. The number of nitrogens with zero attached hydrogens (tertiary/aromatic N) is 2. The first-order valence-corrected chi connectivity index (χ1v) is 11.1. The van der Waals surface area contributed by atoms with E-state index in [-0.39, 0.29) is 11.7 Å². The van der Waals surface area contributed by atoms with Gasteiger partial charge >= 0.3 is 0 Å². The van der Waals surface area contributed by atoms with Crippen LogP contribution in [0.25, 0.3) is 10.6 Å². The van der Waals surface area contributed by atoms with Gasteiger partial charge in [-0.3, -0.25) is 9.69 Å². The number of hydrogen-bond donors (Lipinski definition) is 1. The summed E-state index contributed by atoms with van der Waals surface area (Å²) in [7, 11) is 0. The molecule has 162 valence electrons. The predicted molar refractivity (Wildman–Crippen MR) is 118 cm³/mol. The molecule has 0 bridgehead atoms. The van der Waals surface area contributed by atoms with Gasteiger partial charge in [0.1, 0.15) is 28.9 Å². The van der Waals surface area contributed by atoms with Gasteiger partial charge in [0.15, 0.2) is 0 Å². The first kappa shape index (κ1) is 21.4. The fourth-order valence-electron chi connectivity index (χ4n) is 3.26. The quantitative estimate of drug-likeness (QED) is 0.579. The van der Waals surface area contributed by atoms with Gasteiger partial charge in [-0.15, -0.1) is 11.3 Å². The number of aromatic nitrogens is 1. The second-order valence-corrected chi connectivity index (χ2v) is 8.02. The fraction of sp³-hybridized carbons (Fsp3) is 0.304. The van der Waals surface area contributed by atoms with Gasteiger partial charge in [0, 0.05) is 31.6 Å². The highest BCUT2D eigenvalue weighted by Crippen LogP contribution is 2.32. The van der Waals surface area contributed by atoms with E-state index in [2.05, 4.69) is 15.2 Å². The smallest absolute Gasteiger partial charge is 0.270 e. The van der Waals surface area contributed by atoms with E-state index in [0.29, 0.717) is 29.6 Å². The van der Waals surface area contributed by atoms with Gasteiger partial charge in [-0.25, -0.2) is 9.37 Å². The number of amides is 1. The Bertz CT molecular complexity index is 1000. The van der Waals surface area contributed by atoms with Crippen LogP contribution < -0.4 is 10.1 Å². The molecule has 2 aromatic carbocycles. The highest BCUT2D eigenvalue weighted by atomic mass is 32.1. The molecular weight excluding hydrogens is 417 g/mol. The molecular formula is C23H24FN3O3S. The number of benzene rings is 2. The van der Waals surface area contributed by atoms with Crippen molar-refractivity contribution in [1.82, 2.24) is 15.2 Å². The highest BCUT2D eigenvalue weighted by molar-refractivity contribution is 7.13. The summed E-state index contributed by atoms with van der Waals surface area (Å²) in [6.45, 7) is 4.96. The molecule has 0 saturated carbocycles.